The molecule has 0 saturated carbocycles. The molecule has 112 valence electrons. The fourth-order valence-electron chi connectivity index (χ4n) is 2.17. The Kier molecular flexibility index (Phi) is 5.65. The number of thioether (sulfide) groups is 1. The van der Waals surface area contributed by atoms with Crippen LogP contribution < -0.4 is 9.80 Å². The quantitative estimate of drug-likeness (QED) is 0.815. The molecule has 0 bridgehead atoms. The summed E-state index contributed by atoms with van der Waals surface area (Å²) in [6, 6.07) is 2.23. The molecule has 1 aromatic rings. The van der Waals surface area contributed by atoms with Crippen molar-refractivity contribution in [3.8, 4) is 0 Å². The maximum absolute atomic E-state index is 11.3. The SMILES string of the molecule is C[C@@H](C[S@](C)=O)N(C)c1cc(N2CCSCC2)ncn1. The Morgan fingerprint density at radius 1 is 1.45 bits per heavy atom. The van der Waals surface area contributed by atoms with Crippen molar-refractivity contribution in [1.29, 1.82) is 0 Å². The summed E-state index contributed by atoms with van der Waals surface area (Å²) in [6.45, 7) is 4.15. The van der Waals surface area contributed by atoms with Crippen LogP contribution in [0.2, 0.25) is 0 Å². The van der Waals surface area contributed by atoms with Gasteiger partial charge in [-0.05, 0) is 6.92 Å². The largest absolute Gasteiger partial charge is 0.356 e. The molecule has 2 heterocycles. The normalized spacial score (nSPS) is 18.6. The molecule has 2 rings (SSSR count). The molecule has 1 aliphatic rings. The van der Waals surface area contributed by atoms with Gasteiger partial charge in [-0.1, -0.05) is 0 Å². The molecule has 1 fully saturated rings. The van der Waals surface area contributed by atoms with Crippen molar-refractivity contribution in [3.05, 3.63) is 12.4 Å². The van der Waals surface area contributed by atoms with E-state index in [9.17, 15) is 4.21 Å². The molecule has 0 aromatic carbocycles. The third-order valence-corrected chi connectivity index (χ3v) is 5.37. The molecule has 0 amide bonds. The molecule has 0 N–H and O–H groups in total. The van der Waals surface area contributed by atoms with E-state index in [1.807, 2.05) is 24.9 Å². The number of hydrogen-bond acceptors (Lipinski definition) is 6. The second-order valence-corrected chi connectivity index (χ2v) is 7.74. The van der Waals surface area contributed by atoms with Gasteiger partial charge >= 0.3 is 0 Å². The first kappa shape index (κ1) is 15.6. The third kappa shape index (κ3) is 4.09. The van der Waals surface area contributed by atoms with E-state index in [1.165, 1.54) is 0 Å². The fourth-order valence-corrected chi connectivity index (χ4v) is 3.98. The van der Waals surface area contributed by atoms with Gasteiger partial charge in [0.25, 0.3) is 0 Å². The van der Waals surface area contributed by atoms with E-state index >= 15 is 0 Å². The highest BCUT2D eigenvalue weighted by Gasteiger charge is 2.16. The number of nitrogens with zero attached hydrogens (tertiary/aromatic N) is 4. The average Bonchev–Trinajstić information content (AvgIpc) is 2.47. The summed E-state index contributed by atoms with van der Waals surface area (Å²) in [5, 5.41) is 0. The number of anilines is 2. The first-order chi connectivity index (χ1) is 9.58. The van der Waals surface area contributed by atoms with E-state index in [2.05, 4.69) is 26.7 Å². The van der Waals surface area contributed by atoms with Gasteiger partial charge in [-0.25, -0.2) is 9.97 Å². The zero-order valence-electron chi connectivity index (χ0n) is 12.3. The molecule has 1 aromatic heterocycles. The Bertz CT molecular complexity index is 465. The van der Waals surface area contributed by atoms with Crippen LogP contribution in [0.15, 0.2) is 12.4 Å². The highest BCUT2D eigenvalue weighted by molar-refractivity contribution is 7.99. The van der Waals surface area contributed by atoms with Crippen molar-refractivity contribution < 1.29 is 4.21 Å². The molecule has 1 saturated heterocycles. The summed E-state index contributed by atoms with van der Waals surface area (Å²) in [5.74, 6) is 4.84. The summed E-state index contributed by atoms with van der Waals surface area (Å²) in [5.41, 5.74) is 0. The van der Waals surface area contributed by atoms with E-state index in [0.29, 0.717) is 5.75 Å². The van der Waals surface area contributed by atoms with Crippen LogP contribution in [0.25, 0.3) is 0 Å². The van der Waals surface area contributed by atoms with Gasteiger partial charge < -0.3 is 9.80 Å². The van der Waals surface area contributed by atoms with Gasteiger partial charge in [0.2, 0.25) is 0 Å². The van der Waals surface area contributed by atoms with Crippen LogP contribution in [0.5, 0.6) is 0 Å². The minimum Gasteiger partial charge on any atom is -0.356 e. The summed E-state index contributed by atoms with van der Waals surface area (Å²) in [7, 11) is 1.20. The van der Waals surface area contributed by atoms with Crippen molar-refractivity contribution >= 4 is 34.2 Å². The van der Waals surface area contributed by atoms with Crippen LogP contribution >= 0.6 is 11.8 Å². The summed E-state index contributed by atoms with van der Waals surface area (Å²) >= 11 is 1.99. The smallest absolute Gasteiger partial charge is 0.134 e. The molecule has 20 heavy (non-hydrogen) atoms. The van der Waals surface area contributed by atoms with Gasteiger partial charge in [-0.15, -0.1) is 0 Å². The zero-order chi connectivity index (χ0) is 14.5. The molecular formula is C13H22N4OS2. The van der Waals surface area contributed by atoms with Crippen molar-refractivity contribution in [1.82, 2.24) is 9.97 Å². The highest BCUT2D eigenvalue weighted by Crippen LogP contribution is 2.21. The molecule has 1 aliphatic heterocycles. The van der Waals surface area contributed by atoms with E-state index in [1.54, 1.807) is 12.6 Å². The van der Waals surface area contributed by atoms with Gasteiger partial charge in [-0.3, -0.25) is 4.21 Å². The Labute approximate surface area is 127 Å². The molecular weight excluding hydrogens is 292 g/mol. The van der Waals surface area contributed by atoms with Crippen LogP contribution in [0.3, 0.4) is 0 Å². The lowest BCUT2D eigenvalue weighted by Gasteiger charge is -2.29. The van der Waals surface area contributed by atoms with Crippen molar-refractivity contribution in [3.63, 3.8) is 0 Å². The van der Waals surface area contributed by atoms with Crippen molar-refractivity contribution in [2.24, 2.45) is 0 Å². The van der Waals surface area contributed by atoms with Gasteiger partial charge in [0.15, 0.2) is 0 Å². The Hall–Kier alpha value is -0.820. The summed E-state index contributed by atoms with van der Waals surface area (Å²) in [4.78, 5) is 13.1. The number of hydrogen-bond donors (Lipinski definition) is 0. The molecule has 0 unspecified atom stereocenters. The summed E-state index contributed by atoms with van der Waals surface area (Å²) < 4.78 is 11.3. The van der Waals surface area contributed by atoms with E-state index in [-0.39, 0.29) is 6.04 Å². The topological polar surface area (TPSA) is 49.3 Å². The number of rotatable bonds is 5. The summed E-state index contributed by atoms with van der Waals surface area (Å²) in [6.07, 6.45) is 3.36. The van der Waals surface area contributed by atoms with Gasteiger partial charge in [0, 0.05) is 66.6 Å². The lowest BCUT2D eigenvalue weighted by atomic mass is 10.3. The molecule has 2 atom stereocenters. The zero-order valence-corrected chi connectivity index (χ0v) is 13.9. The Morgan fingerprint density at radius 3 is 2.80 bits per heavy atom. The highest BCUT2D eigenvalue weighted by atomic mass is 32.2. The number of aromatic nitrogens is 2. The van der Waals surface area contributed by atoms with Crippen LogP contribution in [0.1, 0.15) is 6.92 Å². The Balaban J connectivity index is 2.10. The van der Waals surface area contributed by atoms with Crippen molar-refractivity contribution in [2.45, 2.75) is 13.0 Å². The monoisotopic (exact) mass is 314 g/mol. The average molecular weight is 314 g/mol. The Morgan fingerprint density at radius 2 is 2.15 bits per heavy atom. The maximum atomic E-state index is 11.3. The lowest BCUT2D eigenvalue weighted by molar-refractivity contribution is 0.673. The minimum atomic E-state index is -0.798. The third-order valence-electron chi connectivity index (χ3n) is 3.47. The predicted molar refractivity (Wildman–Crippen MR) is 88.4 cm³/mol. The maximum Gasteiger partial charge on any atom is 0.134 e. The van der Waals surface area contributed by atoms with E-state index < -0.39 is 10.8 Å². The predicted octanol–water partition coefficient (Wildman–Crippen LogP) is 1.23. The van der Waals surface area contributed by atoms with Gasteiger partial charge in [-0.2, -0.15) is 11.8 Å². The van der Waals surface area contributed by atoms with Crippen LogP contribution in [-0.2, 0) is 10.8 Å². The first-order valence-electron chi connectivity index (χ1n) is 6.75. The minimum absolute atomic E-state index is 0.195. The van der Waals surface area contributed by atoms with E-state index in [0.717, 1.165) is 36.2 Å². The van der Waals surface area contributed by atoms with Crippen LogP contribution in [0, 0.1) is 0 Å². The van der Waals surface area contributed by atoms with E-state index in [4.69, 9.17) is 0 Å². The fraction of sp³-hybridized carbons (Fsp3) is 0.692. The standard InChI is InChI=1S/C13H22N4OS2/c1-11(9-20(3)18)16(2)12-8-13(15-10-14-12)17-4-6-19-7-5-17/h8,10-11H,4-7,9H2,1-3H3/t11-,20-/m0/s1. The van der Waals surface area contributed by atoms with Crippen molar-refractivity contribution in [2.75, 3.05) is 53.5 Å². The molecule has 5 nitrogen and oxygen atoms in total. The second kappa shape index (κ2) is 7.26. The molecule has 0 aliphatic carbocycles. The lowest BCUT2D eigenvalue weighted by Crippen LogP contribution is -2.35. The molecule has 0 radical (unpaired) electrons. The first-order valence-corrected chi connectivity index (χ1v) is 9.63. The van der Waals surface area contributed by atoms with Gasteiger partial charge in [0.1, 0.15) is 18.0 Å². The van der Waals surface area contributed by atoms with Gasteiger partial charge in [0.05, 0.1) is 0 Å². The second-order valence-electron chi connectivity index (χ2n) is 5.03. The van der Waals surface area contributed by atoms with Crippen LogP contribution in [0.4, 0.5) is 11.6 Å². The van der Waals surface area contributed by atoms with Crippen LogP contribution in [-0.4, -0.2) is 63.9 Å². The molecule has 0 spiro atoms. The molecule has 7 heteroatoms.